The number of rotatable bonds is 4. The molecule has 0 aliphatic rings. The zero-order valence-electron chi connectivity index (χ0n) is 6.73. The highest BCUT2D eigenvalue weighted by atomic mass is 35.5. The van der Waals surface area contributed by atoms with E-state index in [1.165, 1.54) is 0 Å². The molecule has 0 saturated heterocycles. The first kappa shape index (κ1) is 9.77. The van der Waals surface area contributed by atoms with Gasteiger partial charge in [-0.1, -0.05) is 37.6 Å². The van der Waals surface area contributed by atoms with Crippen molar-refractivity contribution in [3.63, 3.8) is 0 Å². The van der Waals surface area contributed by atoms with Crippen molar-refractivity contribution in [3.05, 3.63) is 24.3 Å². The molecule has 0 heterocycles. The van der Waals surface area contributed by atoms with Crippen LogP contribution in [-0.2, 0) is 0 Å². The first-order chi connectivity index (χ1) is 4.70. The second-order valence-electron chi connectivity index (χ2n) is 2.42. The van der Waals surface area contributed by atoms with Crippen LogP contribution in [0.3, 0.4) is 0 Å². The van der Waals surface area contributed by atoms with Gasteiger partial charge in [-0.2, -0.15) is 0 Å². The zero-order chi connectivity index (χ0) is 7.98. The third-order valence-electron chi connectivity index (χ3n) is 1.33. The third kappa shape index (κ3) is 4.63. The molecule has 0 nitrogen and oxygen atoms in total. The summed E-state index contributed by atoms with van der Waals surface area (Å²) in [5, 5.41) is 0.183. The summed E-state index contributed by atoms with van der Waals surface area (Å²) in [5.41, 5.74) is 1.16. The Morgan fingerprint density at radius 2 is 2.30 bits per heavy atom. The number of allylic oxidation sites excluding steroid dienone is 3. The highest BCUT2D eigenvalue weighted by Gasteiger charge is 1.96. The maximum atomic E-state index is 5.93. The second-order valence-corrected chi connectivity index (χ2v) is 2.98. The Bertz CT molecular complexity index is 125. The fourth-order valence-electron chi connectivity index (χ4n) is 0.712. The molecular formula is C9H15Cl. The van der Waals surface area contributed by atoms with Gasteiger partial charge in [0.25, 0.3) is 0 Å². The van der Waals surface area contributed by atoms with Crippen LogP contribution in [0.5, 0.6) is 0 Å². The summed E-state index contributed by atoms with van der Waals surface area (Å²) in [5.74, 6) is 0. The molecule has 0 amide bonds. The Hall–Kier alpha value is -0.230. The molecule has 0 saturated carbocycles. The molecule has 0 rings (SSSR count). The molecule has 1 heteroatoms. The van der Waals surface area contributed by atoms with Gasteiger partial charge in [-0.05, 0) is 13.3 Å². The van der Waals surface area contributed by atoms with E-state index in [-0.39, 0.29) is 5.38 Å². The lowest BCUT2D eigenvalue weighted by molar-refractivity contribution is 0.818. The molecule has 0 aromatic heterocycles. The minimum absolute atomic E-state index is 0.183. The summed E-state index contributed by atoms with van der Waals surface area (Å²) in [6, 6.07) is 0. The van der Waals surface area contributed by atoms with Crippen molar-refractivity contribution in [1.82, 2.24) is 0 Å². The first-order valence-corrected chi connectivity index (χ1v) is 4.09. The van der Waals surface area contributed by atoms with Gasteiger partial charge in [-0.3, -0.25) is 0 Å². The second kappa shape index (κ2) is 5.55. The van der Waals surface area contributed by atoms with E-state index in [0.717, 1.165) is 18.4 Å². The lowest BCUT2D eigenvalue weighted by Gasteiger charge is -2.00. The Morgan fingerprint density at radius 3 is 2.70 bits per heavy atom. The van der Waals surface area contributed by atoms with Crippen molar-refractivity contribution in [2.24, 2.45) is 0 Å². The van der Waals surface area contributed by atoms with Crippen molar-refractivity contribution >= 4 is 11.6 Å². The Kier molecular flexibility index (Phi) is 5.42. The maximum absolute atomic E-state index is 5.93. The standard InChI is InChI=1S/C9H15Cl/c1-4-6-9(10)7-8(3)5-2/h5,7,9H,2,4,6H2,1,3H3/b8-7+. The quantitative estimate of drug-likeness (QED) is 0.434. The molecular weight excluding hydrogens is 144 g/mol. The van der Waals surface area contributed by atoms with Gasteiger partial charge in [-0.15, -0.1) is 11.6 Å². The minimum atomic E-state index is 0.183. The van der Waals surface area contributed by atoms with E-state index in [1.807, 2.05) is 19.1 Å². The van der Waals surface area contributed by atoms with E-state index in [0.29, 0.717) is 0 Å². The van der Waals surface area contributed by atoms with Crippen LogP contribution in [0.25, 0.3) is 0 Å². The Morgan fingerprint density at radius 1 is 1.70 bits per heavy atom. The number of hydrogen-bond donors (Lipinski definition) is 0. The molecule has 0 spiro atoms. The summed E-state index contributed by atoms with van der Waals surface area (Å²) < 4.78 is 0. The molecule has 0 fully saturated rings. The van der Waals surface area contributed by atoms with Gasteiger partial charge in [0.1, 0.15) is 0 Å². The molecule has 0 N–H and O–H groups in total. The molecule has 0 aliphatic heterocycles. The van der Waals surface area contributed by atoms with Crippen molar-refractivity contribution < 1.29 is 0 Å². The predicted octanol–water partition coefficient (Wildman–Crippen LogP) is 3.53. The normalized spacial score (nSPS) is 14.9. The Balaban J connectivity index is 3.73. The molecule has 10 heavy (non-hydrogen) atoms. The van der Waals surface area contributed by atoms with Gasteiger partial charge in [0.15, 0.2) is 0 Å². The molecule has 1 unspecified atom stereocenters. The zero-order valence-corrected chi connectivity index (χ0v) is 7.49. The largest absolute Gasteiger partial charge is 0.118 e. The molecule has 0 aliphatic carbocycles. The monoisotopic (exact) mass is 158 g/mol. The van der Waals surface area contributed by atoms with Crippen LogP contribution in [0.4, 0.5) is 0 Å². The number of hydrogen-bond acceptors (Lipinski definition) is 0. The van der Waals surface area contributed by atoms with Gasteiger partial charge < -0.3 is 0 Å². The van der Waals surface area contributed by atoms with Gasteiger partial charge in [0, 0.05) is 0 Å². The van der Waals surface area contributed by atoms with Crippen molar-refractivity contribution in [2.45, 2.75) is 32.1 Å². The lowest BCUT2D eigenvalue weighted by Crippen LogP contribution is -1.92. The van der Waals surface area contributed by atoms with E-state index >= 15 is 0 Å². The maximum Gasteiger partial charge on any atom is 0.0521 e. The number of alkyl halides is 1. The topological polar surface area (TPSA) is 0 Å². The van der Waals surface area contributed by atoms with Crippen LogP contribution in [0.1, 0.15) is 26.7 Å². The molecule has 0 radical (unpaired) electrons. The third-order valence-corrected chi connectivity index (χ3v) is 1.67. The summed E-state index contributed by atoms with van der Waals surface area (Å²) in [6.07, 6.45) is 6.05. The highest BCUT2D eigenvalue weighted by Crippen LogP contribution is 2.09. The summed E-state index contributed by atoms with van der Waals surface area (Å²) in [4.78, 5) is 0. The van der Waals surface area contributed by atoms with E-state index in [4.69, 9.17) is 11.6 Å². The molecule has 0 aromatic carbocycles. The first-order valence-electron chi connectivity index (χ1n) is 3.65. The fraction of sp³-hybridized carbons (Fsp3) is 0.556. The average molecular weight is 159 g/mol. The highest BCUT2D eigenvalue weighted by molar-refractivity contribution is 6.21. The fourth-order valence-corrected chi connectivity index (χ4v) is 1.13. The van der Waals surface area contributed by atoms with Gasteiger partial charge in [-0.25, -0.2) is 0 Å². The van der Waals surface area contributed by atoms with Crippen LogP contribution in [0.15, 0.2) is 24.3 Å². The van der Waals surface area contributed by atoms with Crippen LogP contribution >= 0.6 is 11.6 Å². The van der Waals surface area contributed by atoms with E-state index in [2.05, 4.69) is 13.5 Å². The average Bonchev–Trinajstić information content (AvgIpc) is 1.88. The summed E-state index contributed by atoms with van der Waals surface area (Å²) in [6.45, 7) is 7.79. The van der Waals surface area contributed by atoms with E-state index < -0.39 is 0 Å². The molecule has 58 valence electrons. The van der Waals surface area contributed by atoms with Crippen LogP contribution in [0.2, 0.25) is 0 Å². The SMILES string of the molecule is C=C/C(C)=C/C(Cl)CCC. The molecule has 0 aromatic rings. The summed E-state index contributed by atoms with van der Waals surface area (Å²) in [7, 11) is 0. The summed E-state index contributed by atoms with van der Waals surface area (Å²) >= 11 is 5.93. The lowest BCUT2D eigenvalue weighted by atomic mass is 10.2. The van der Waals surface area contributed by atoms with E-state index in [9.17, 15) is 0 Å². The van der Waals surface area contributed by atoms with Gasteiger partial charge >= 0.3 is 0 Å². The van der Waals surface area contributed by atoms with Crippen molar-refractivity contribution in [1.29, 1.82) is 0 Å². The van der Waals surface area contributed by atoms with Crippen LogP contribution in [0, 0.1) is 0 Å². The van der Waals surface area contributed by atoms with Gasteiger partial charge in [0.2, 0.25) is 0 Å². The smallest absolute Gasteiger partial charge is 0.0521 e. The molecule has 1 atom stereocenters. The van der Waals surface area contributed by atoms with E-state index in [1.54, 1.807) is 0 Å². The minimum Gasteiger partial charge on any atom is -0.118 e. The Labute approximate surface area is 68.6 Å². The van der Waals surface area contributed by atoms with Gasteiger partial charge in [0.05, 0.1) is 5.38 Å². The number of halogens is 1. The van der Waals surface area contributed by atoms with Crippen molar-refractivity contribution in [2.75, 3.05) is 0 Å². The molecule has 0 bridgehead atoms. The van der Waals surface area contributed by atoms with Crippen LogP contribution in [-0.4, -0.2) is 5.38 Å². The van der Waals surface area contributed by atoms with Crippen LogP contribution < -0.4 is 0 Å². The van der Waals surface area contributed by atoms with Crippen molar-refractivity contribution in [3.8, 4) is 0 Å². The predicted molar refractivity (Wildman–Crippen MR) is 48.5 cm³/mol.